The number of amides is 3. The number of carbonyl (C=O) groups excluding carboxylic acids is 3. The quantitative estimate of drug-likeness (QED) is 0.689. The van der Waals surface area contributed by atoms with Crippen LogP contribution in [0, 0.1) is 0 Å². The molecule has 2 rings (SSSR count). The molecule has 0 saturated carbocycles. The number of esters is 1. The summed E-state index contributed by atoms with van der Waals surface area (Å²) in [6, 6.07) is 5.67. The Bertz CT molecular complexity index is 690. The van der Waals surface area contributed by atoms with Crippen LogP contribution in [-0.4, -0.2) is 73.6 Å². The lowest BCUT2D eigenvalue weighted by molar-refractivity contribution is -0.151. The van der Waals surface area contributed by atoms with Gasteiger partial charge in [-0.15, -0.1) is 0 Å². The minimum Gasteiger partial charge on any atom is -0.465 e. The summed E-state index contributed by atoms with van der Waals surface area (Å²) in [5.41, 5.74) is 0.821. The number of rotatable bonds is 6. The van der Waals surface area contributed by atoms with Gasteiger partial charge in [-0.25, -0.2) is 9.59 Å². The predicted octanol–water partition coefficient (Wildman–Crippen LogP) is 1.41. The van der Waals surface area contributed by atoms with Gasteiger partial charge in [0, 0.05) is 38.2 Å². The maximum atomic E-state index is 12.6. The summed E-state index contributed by atoms with van der Waals surface area (Å²) in [4.78, 5) is 40.1. The van der Waals surface area contributed by atoms with E-state index in [0.29, 0.717) is 37.8 Å². The van der Waals surface area contributed by atoms with E-state index in [2.05, 4.69) is 10.6 Å². The Balaban J connectivity index is 2.04. The Morgan fingerprint density at radius 3 is 2.21 bits per heavy atom. The van der Waals surface area contributed by atoms with Crippen molar-refractivity contribution in [2.24, 2.45) is 0 Å². The number of benzene rings is 1. The lowest BCUT2D eigenvalue weighted by Gasteiger charge is -2.40. The van der Waals surface area contributed by atoms with E-state index in [1.165, 1.54) is 7.05 Å². The van der Waals surface area contributed by atoms with E-state index in [1.54, 1.807) is 26.0 Å². The highest BCUT2D eigenvalue weighted by Crippen LogP contribution is 2.25. The predicted molar refractivity (Wildman–Crippen MR) is 106 cm³/mol. The number of urea groups is 1. The van der Waals surface area contributed by atoms with Crippen LogP contribution in [0.4, 0.5) is 4.79 Å². The number of nitrogens with zero attached hydrogens (tertiary/aromatic N) is 2. The lowest BCUT2D eigenvalue weighted by Crippen LogP contribution is -2.56. The van der Waals surface area contributed by atoms with E-state index in [9.17, 15) is 14.4 Å². The molecule has 1 aromatic rings. The fourth-order valence-electron chi connectivity index (χ4n) is 3.19. The van der Waals surface area contributed by atoms with Crippen LogP contribution in [0.2, 0.25) is 5.02 Å². The van der Waals surface area contributed by atoms with Gasteiger partial charge in [-0.1, -0.05) is 23.7 Å². The fraction of sp³-hybridized carbons (Fsp3) is 0.526. The molecule has 0 radical (unpaired) electrons. The highest BCUT2D eigenvalue weighted by molar-refractivity contribution is 6.30. The largest absolute Gasteiger partial charge is 0.465 e. The van der Waals surface area contributed by atoms with Crippen molar-refractivity contribution in [3.63, 3.8) is 0 Å². The van der Waals surface area contributed by atoms with E-state index in [4.69, 9.17) is 16.3 Å². The number of nitrogens with one attached hydrogen (secondary N) is 2. The number of piperazine rings is 1. The average Bonchev–Trinajstić information content (AvgIpc) is 2.69. The molecular formula is C19H27ClN4O4. The zero-order valence-corrected chi connectivity index (χ0v) is 17.2. The molecule has 1 aromatic carbocycles. The molecule has 3 amide bonds. The molecule has 0 aliphatic carbocycles. The van der Waals surface area contributed by atoms with E-state index in [1.807, 2.05) is 21.9 Å². The van der Waals surface area contributed by atoms with E-state index < -0.39 is 18.1 Å². The second-order valence-corrected chi connectivity index (χ2v) is 6.96. The Labute approximate surface area is 170 Å². The molecule has 1 aliphatic rings. The molecule has 1 fully saturated rings. The number of ether oxygens (including phenoxy) is 1. The Morgan fingerprint density at radius 1 is 1.11 bits per heavy atom. The van der Waals surface area contributed by atoms with Gasteiger partial charge in [0.2, 0.25) is 5.91 Å². The van der Waals surface area contributed by atoms with Crippen molar-refractivity contribution in [3.8, 4) is 0 Å². The van der Waals surface area contributed by atoms with Gasteiger partial charge in [0.15, 0.2) is 0 Å². The summed E-state index contributed by atoms with van der Waals surface area (Å²) in [6.07, 6.45) is 0. The third-order valence-electron chi connectivity index (χ3n) is 4.80. The third-order valence-corrected chi connectivity index (χ3v) is 5.05. The minimum absolute atomic E-state index is 0.302. The maximum absolute atomic E-state index is 12.6. The summed E-state index contributed by atoms with van der Waals surface area (Å²) in [6.45, 7) is 6.20. The van der Waals surface area contributed by atoms with Gasteiger partial charge in [0.05, 0.1) is 12.6 Å². The van der Waals surface area contributed by atoms with Crippen molar-refractivity contribution < 1.29 is 19.1 Å². The van der Waals surface area contributed by atoms with Crippen LogP contribution < -0.4 is 10.6 Å². The molecule has 2 N–H and O–H groups in total. The Hall–Kier alpha value is -2.16. The SMILES string of the molecule is CCOC(=O)[C@@H](c1ccc(Cl)cc1)N1CCN([C@@H](C)C(=O)NC(=O)NC)CC1. The zero-order chi connectivity index (χ0) is 20.7. The summed E-state index contributed by atoms with van der Waals surface area (Å²) in [5, 5.41) is 5.26. The molecule has 154 valence electrons. The molecule has 28 heavy (non-hydrogen) atoms. The second kappa shape index (κ2) is 10.4. The van der Waals surface area contributed by atoms with Crippen LogP contribution >= 0.6 is 11.6 Å². The fourth-order valence-corrected chi connectivity index (χ4v) is 3.32. The molecule has 0 unspecified atom stereocenters. The van der Waals surface area contributed by atoms with Crippen molar-refractivity contribution in [1.82, 2.24) is 20.4 Å². The molecule has 2 atom stereocenters. The highest BCUT2D eigenvalue weighted by Gasteiger charge is 2.33. The smallest absolute Gasteiger partial charge is 0.328 e. The van der Waals surface area contributed by atoms with Crippen molar-refractivity contribution in [3.05, 3.63) is 34.9 Å². The number of hydrogen-bond donors (Lipinski definition) is 2. The first-order valence-electron chi connectivity index (χ1n) is 9.30. The van der Waals surface area contributed by atoms with E-state index in [-0.39, 0.29) is 11.9 Å². The number of hydrogen-bond acceptors (Lipinski definition) is 6. The van der Waals surface area contributed by atoms with Gasteiger partial charge >= 0.3 is 12.0 Å². The number of carbonyl (C=O) groups is 3. The van der Waals surface area contributed by atoms with Crippen molar-refractivity contribution in [2.75, 3.05) is 39.8 Å². The summed E-state index contributed by atoms with van der Waals surface area (Å²) in [7, 11) is 1.46. The third kappa shape index (κ3) is 5.67. The Morgan fingerprint density at radius 2 is 1.68 bits per heavy atom. The van der Waals surface area contributed by atoms with Crippen LogP contribution in [0.1, 0.15) is 25.5 Å². The van der Waals surface area contributed by atoms with Gasteiger partial charge in [-0.05, 0) is 31.5 Å². The van der Waals surface area contributed by atoms with E-state index >= 15 is 0 Å². The summed E-state index contributed by atoms with van der Waals surface area (Å²) >= 11 is 5.97. The standard InChI is InChI=1S/C19H27ClN4O4/c1-4-28-18(26)16(14-5-7-15(20)8-6-14)24-11-9-23(10-12-24)13(2)17(25)22-19(27)21-3/h5-8,13,16H,4,9-12H2,1-3H3,(H2,21,22,25,27)/t13-,16+/m0/s1. The van der Waals surface area contributed by atoms with Crippen LogP contribution in [0.25, 0.3) is 0 Å². The summed E-state index contributed by atoms with van der Waals surface area (Å²) < 4.78 is 5.27. The van der Waals surface area contributed by atoms with Crippen LogP contribution in [0.3, 0.4) is 0 Å². The highest BCUT2D eigenvalue weighted by atomic mass is 35.5. The van der Waals surface area contributed by atoms with E-state index in [0.717, 1.165) is 5.56 Å². The summed E-state index contributed by atoms with van der Waals surface area (Å²) in [5.74, 6) is -0.656. The minimum atomic E-state index is -0.527. The number of imide groups is 1. The van der Waals surface area contributed by atoms with Crippen LogP contribution in [0.15, 0.2) is 24.3 Å². The molecule has 1 aliphatic heterocycles. The zero-order valence-electron chi connectivity index (χ0n) is 16.4. The monoisotopic (exact) mass is 410 g/mol. The van der Waals surface area contributed by atoms with Gasteiger partial charge in [0.1, 0.15) is 6.04 Å². The molecular weight excluding hydrogens is 384 g/mol. The maximum Gasteiger partial charge on any atom is 0.328 e. The van der Waals surface area contributed by atoms with Gasteiger partial charge in [-0.3, -0.25) is 19.9 Å². The van der Waals surface area contributed by atoms with Crippen LogP contribution in [0.5, 0.6) is 0 Å². The first-order chi connectivity index (χ1) is 13.4. The first-order valence-corrected chi connectivity index (χ1v) is 9.68. The normalized spacial score (nSPS) is 17.4. The van der Waals surface area contributed by atoms with Crippen molar-refractivity contribution >= 4 is 29.5 Å². The molecule has 1 heterocycles. The molecule has 0 aromatic heterocycles. The van der Waals surface area contributed by atoms with Gasteiger partial charge in [0.25, 0.3) is 0 Å². The molecule has 1 saturated heterocycles. The molecule has 9 heteroatoms. The topological polar surface area (TPSA) is 91.0 Å². The first kappa shape index (κ1) is 22.1. The lowest BCUT2D eigenvalue weighted by atomic mass is 10.0. The number of halogens is 1. The van der Waals surface area contributed by atoms with Gasteiger partial charge in [-0.2, -0.15) is 0 Å². The Kier molecular flexibility index (Phi) is 8.22. The molecule has 0 bridgehead atoms. The molecule has 0 spiro atoms. The molecule has 8 nitrogen and oxygen atoms in total. The van der Waals surface area contributed by atoms with Crippen molar-refractivity contribution in [2.45, 2.75) is 25.9 Å². The van der Waals surface area contributed by atoms with Crippen molar-refractivity contribution in [1.29, 1.82) is 0 Å². The van der Waals surface area contributed by atoms with Gasteiger partial charge < -0.3 is 10.1 Å². The average molecular weight is 411 g/mol. The second-order valence-electron chi connectivity index (χ2n) is 6.52. The van der Waals surface area contributed by atoms with Crippen LogP contribution in [-0.2, 0) is 14.3 Å².